The molecule has 0 unspecified atom stereocenters. The first-order chi connectivity index (χ1) is 15.2. The molecule has 0 saturated carbocycles. The normalized spacial score (nSPS) is 11.5. The third-order valence-electron chi connectivity index (χ3n) is 4.76. The molecule has 0 radical (unpaired) electrons. The van der Waals surface area contributed by atoms with Crippen LogP contribution in [0.25, 0.3) is 40.2 Å². The zero-order chi connectivity index (χ0) is 21.4. The van der Waals surface area contributed by atoms with Gasteiger partial charge in [-0.05, 0) is 42.5 Å². The zero-order valence-corrected chi connectivity index (χ0v) is 16.3. The van der Waals surface area contributed by atoms with E-state index in [1.54, 1.807) is 25.4 Å². The molecule has 0 amide bonds. The summed E-state index contributed by atoms with van der Waals surface area (Å²) in [5.41, 5.74) is -0.0175. The number of imidazole rings is 1. The van der Waals surface area contributed by atoms with E-state index < -0.39 is 11.3 Å². The highest BCUT2D eigenvalue weighted by Crippen LogP contribution is 2.28. The minimum atomic E-state index is -1.08. The van der Waals surface area contributed by atoms with Crippen LogP contribution in [0.4, 0.5) is 0 Å². The molecule has 3 heterocycles. The van der Waals surface area contributed by atoms with Gasteiger partial charge in [0.15, 0.2) is 5.58 Å². The lowest BCUT2D eigenvalue weighted by Gasteiger charge is -2.06. The van der Waals surface area contributed by atoms with E-state index in [0.29, 0.717) is 22.7 Å². The molecule has 5 rings (SSSR count). The minimum Gasteiger partial charge on any atom is -0.496 e. The summed E-state index contributed by atoms with van der Waals surface area (Å²) in [5.74, 6) is 1.89. The van der Waals surface area contributed by atoms with Crippen LogP contribution in [0.5, 0.6) is 5.75 Å². The van der Waals surface area contributed by atoms with Crippen LogP contribution in [0.1, 0.15) is 11.4 Å². The van der Waals surface area contributed by atoms with Crippen LogP contribution in [-0.2, 0) is 0 Å². The van der Waals surface area contributed by atoms with Crippen molar-refractivity contribution < 1.29 is 13.6 Å². The predicted molar refractivity (Wildman–Crippen MR) is 115 cm³/mol. The third-order valence-corrected chi connectivity index (χ3v) is 4.76. The van der Waals surface area contributed by atoms with E-state index in [1.807, 2.05) is 59.2 Å². The maximum atomic E-state index is 11.8. The first-order valence-electron chi connectivity index (χ1n) is 9.37. The fourth-order valence-electron chi connectivity index (χ4n) is 3.38. The van der Waals surface area contributed by atoms with Gasteiger partial charge in [-0.2, -0.15) is 0 Å². The van der Waals surface area contributed by atoms with E-state index in [-0.39, 0.29) is 11.2 Å². The van der Waals surface area contributed by atoms with Crippen molar-refractivity contribution in [3.05, 3.63) is 93.0 Å². The van der Waals surface area contributed by atoms with Gasteiger partial charge in [0, 0.05) is 11.8 Å². The molecule has 8 heteroatoms. The number of benzene rings is 2. The quantitative estimate of drug-likeness (QED) is 0.415. The summed E-state index contributed by atoms with van der Waals surface area (Å²) in [6.45, 7) is 0. The SMILES string of the molecule is COc1ccccc1/C=C/c1nc2c3oc(=O)c(=O)oc3ccc2n1-c1ccccn1. The average molecular weight is 413 g/mol. The maximum Gasteiger partial charge on any atom is 0.423 e. The molecule has 0 N–H and O–H groups in total. The van der Waals surface area contributed by atoms with Crippen LogP contribution >= 0.6 is 0 Å². The number of hydrogen-bond acceptors (Lipinski definition) is 7. The van der Waals surface area contributed by atoms with Crippen LogP contribution < -0.4 is 16.0 Å². The first-order valence-corrected chi connectivity index (χ1v) is 9.37. The van der Waals surface area contributed by atoms with Crippen molar-refractivity contribution in [2.75, 3.05) is 7.11 Å². The number of pyridine rings is 1. The number of para-hydroxylation sites is 1. The molecule has 3 aromatic heterocycles. The number of aromatic nitrogens is 3. The van der Waals surface area contributed by atoms with Crippen molar-refractivity contribution in [3.8, 4) is 11.6 Å². The van der Waals surface area contributed by atoms with Gasteiger partial charge in [-0.3, -0.25) is 4.57 Å². The highest BCUT2D eigenvalue weighted by Gasteiger charge is 2.17. The van der Waals surface area contributed by atoms with Crippen LogP contribution in [0.3, 0.4) is 0 Å². The van der Waals surface area contributed by atoms with E-state index >= 15 is 0 Å². The number of fused-ring (bicyclic) bond motifs is 3. The van der Waals surface area contributed by atoms with Crippen LogP contribution in [0.2, 0.25) is 0 Å². The van der Waals surface area contributed by atoms with E-state index in [1.165, 1.54) is 0 Å². The Kier molecular flexibility index (Phi) is 4.44. The highest BCUT2D eigenvalue weighted by molar-refractivity contribution is 5.99. The Balaban J connectivity index is 1.79. The summed E-state index contributed by atoms with van der Waals surface area (Å²) in [5, 5.41) is 0. The fraction of sp³-hybridized carbons (Fsp3) is 0.0435. The molecule has 5 aromatic rings. The van der Waals surface area contributed by atoms with E-state index in [4.69, 9.17) is 13.6 Å². The summed E-state index contributed by atoms with van der Waals surface area (Å²) in [7, 11) is 1.61. The van der Waals surface area contributed by atoms with Gasteiger partial charge >= 0.3 is 11.3 Å². The fourth-order valence-corrected chi connectivity index (χ4v) is 3.38. The second-order valence-corrected chi connectivity index (χ2v) is 6.61. The van der Waals surface area contributed by atoms with Gasteiger partial charge in [0.1, 0.15) is 22.9 Å². The number of rotatable bonds is 4. The molecule has 152 valence electrons. The zero-order valence-electron chi connectivity index (χ0n) is 16.3. The van der Waals surface area contributed by atoms with Gasteiger partial charge in [-0.1, -0.05) is 24.3 Å². The number of nitrogens with zero attached hydrogens (tertiary/aromatic N) is 3. The van der Waals surface area contributed by atoms with Crippen molar-refractivity contribution in [3.63, 3.8) is 0 Å². The topological polar surface area (TPSA) is 100 Å². The minimum absolute atomic E-state index is 0.101. The highest BCUT2D eigenvalue weighted by atomic mass is 16.5. The molecule has 0 aliphatic carbocycles. The Hall–Kier alpha value is -4.46. The Morgan fingerprint density at radius 2 is 1.74 bits per heavy atom. The van der Waals surface area contributed by atoms with E-state index in [0.717, 1.165) is 11.3 Å². The predicted octanol–water partition coefficient (Wildman–Crippen LogP) is 3.66. The van der Waals surface area contributed by atoms with Gasteiger partial charge in [0.05, 0.1) is 12.6 Å². The first kappa shape index (κ1) is 18.6. The lowest BCUT2D eigenvalue weighted by Crippen LogP contribution is -2.20. The second kappa shape index (κ2) is 7.42. The monoisotopic (exact) mass is 413 g/mol. The molecule has 0 fully saturated rings. The summed E-state index contributed by atoms with van der Waals surface area (Å²) >= 11 is 0. The Morgan fingerprint density at radius 3 is 2.55 bits per heavy atom. The van der Waals surface area contributed by atoms with Gasteiger partial charge in [-0.15, -0.1) is 0 Å². The standard InChI is InChI=1S/C23H15N3O5/c1-29-16-7-3-2-6-14(16)9-12-19-25-20-15(26(19)18-8-4-5-13-24-18)10-11-17-21(20)31-23(28)22(27)30-17/h2-13H,1H3/b12-9+. The van der Waals surface area contributed by atoms with E-state index in [2.05, 4.69) is 9.97 Å². The maximum absolute atomic E-state index is 11.8. The van der Waals surface area contributed by atoms with Crippen LogP contribution in [-0.4, -0.2) is 21.6 Å². The Labute approximate surface area is 174 Å². The summed E-state index contributed by atoms with van der Waals surface area (Å²) in [6, 6.07) is 16.4. The van der Waals surface area contributed by atoms with Crippen molar-refractivity contribution in [2.45, 2.75) is 0 Å². The molecule has 2 aromatic carbocycles. The molecular weight excluding hydrogens is 398 g/mol. The third kappa shape index (κ3) is 3.20. The molecule has 0 atom stereocenters. The van der Waals surface area contributed by atoms with Gasteiger partial charge in [0.2, 0.25) is 5.58 Å². The molecule has 0 aliphatic rings. The van der Waals surface area contributed by atoms with Gasteiger partial charge in [0.25, 0.3) is 0 Å². The van der Waals surface area contributed by atoms with E-state index in [9.17, 15) is 9.59 Å². The van der Waals surface area contributed by atoms with Crippen molar-refractivity contribution >= 4 is 34.4 Å². The second-order valence-electron chi connectivity index (χ2n) is 6.61. The molecule has 0 spiro atoms. The smallest absolute Gasteiger partial charge is 0.423 e. The molecule has 8 nitrogen and oxygen atoms in total. The lowest BCUT2D eigenvalue weighted by atomic mass is 10.2. The van der Waals surface area contributed by atoms with Crippen molar-refractivity contribution in [2.24, 2.45) is 0 Å². The average Bonchev–Trinajstić information content (AvgIpc) is 3.18. The van der Waals surface area contributed by atoms with Gasteiger partial charge < -0.3 is 13.6 Å². The number of methoxy groups -OCH3 is 1. The number of ether oxygens (including phenoxy) is 1. The summed E-state index contributed by atoms with van der Waals surface area (Å²) in [4.78, 5) is 32.4. The Morgan fingerprint density at radius 1 is 0.935 bits per heavy atom. The lowest BCUT2D eigenvalue weighted by molar-refractivity contribution is 0.414. The van der Waals surface area contributed by atoms with Crippen LogP contribution in [0, 0.1) is 0 Å². The molecule has 31 heavy (non-hydrogen) atoms. The van der Waals surface area contributed by atoms with Crippen molar-refractivity contribution in [1.29, 1.82) is 0 Å². The summed E-state index contributed by atoms with van der Waals surface area (Å²) < 4.78 is 17.5. The molecular formula is C23H15N3O5. The van der Waals surface area contributed by atoms with Crippen LogP contribution in [0.15, 0.2) is 79.2 Å². The molecule has 0 saturated heterocycles. The molecule has 0 aliphatic heterocycles. The number of hydrogen-bond donors (Lipinski definition) is 0. The molecule has 0 bridgehead atoms. The Bertz CT molecular complexity index is 1560. The summed E-state index contributed by atoms with van der Waals surface area (Å²) in [6.07, 6.45) is 5.36. The van der Waals surface area contributed by atoms with Crippen molar-refractivity contribution in [1.82, 2.24) is 14.5 Å². The van der Waals surface area contributed by atoms with Gasteiger partial charge in [-0.25, -0.2) is 19.6 Å². The largest absolute Gasteiger partial charge is 0.496 e.